The smallest absolute Gasteiger partial charge is 0.273 e. The molecule has 1 unspecified atom stereocenters. The number of ether oxygens (including phenoxy) is 1. The monoisotopic (exact) mass is 357 g/mol. The molecule has 4 rings (SSSR count). The van der Waals surface area contributed by atoms with Gasteiger partial charge in [0.1, 0.15) is 0 Å². The molecule has 0 spiro atoms. The van der Waals surface area contributed by atoms with E-state index in [4.69, 9.17) is 4.74 Å². The Bertz CT molecular complexity index is 719. The average molecular weight is 357 g/mol. The van der Waals surface area contributed by atoms with E-state index in [0.717, 1.165) is 49.8 Å². The van der Waals surface area contributed by atoms with Crippen LogP contribution in [0.2, 0.25) is 0 Å². The van der Waals surface area contributed by atoms with Gasteiger partial charge in [-0.15, -0.1) is 0 Å². The van der Waals surface area contributed by atoms with Gasteiger partial charge in [-0.2, -0.15) is 0 Å². The highest BCUT2D eigenvalue weighted by Gasteiger charge is 2.28. The zero-order valence-electron chi connectivity index (χ0n) is 14.3. The zero-order chi connectivity index (χ0) is 17.1. The third kappa shape index (κ3) is 3.85. The second kappa shape index (κ2) is 7.54. The third-order valence-corrected chi connectivity index (χ3v) is 5.69. The third-order valence-electron chi connectivity index (χ3n) is 5.00. The molecule has 0 radical (unpaired) electrons. The van der Waals surface area contributed by atoms with E-state index in [1.54, 1.807) is 6.20 Å². The van der Waals surface area contributed by atoms with Crippen LogP contribution in [0.25, 0.3) is 0 Å². The molecule has 25 heavy (non-hydrogen) atoms. The number of thiazole rings is 1. The van der Waals surface area contributed by atoms with Crippen LogP contribution in [0.5, 0.6) is 5.19 Å². The van der Waals surface area contributed by atoms with Crippen molar-refractivity contribution in [2.45, 2.75) is 19.3 Å². The molecular formula is C19H23N3O2S. The maximum absolute atomic E-state index is 12.8. The SMILES string of the molecule is O=C(CN1CCCC(COc2nccs2)C1)N1CCc2ccccc21. The van der Waals surface area contributed by atoms with Crippen molar-refractivity contribution >= 4 is 22.9 Å². The number of likely N-dealkylation sites (tertiary alicyclic amines) is 1. The number of amides is 1. The quantitative estimate of drug-likeness (QED) is 0.825. The first-order valence-electron chi connectivity index (χ1n) is 8.92. The van der Waals surface area contributed by atoms with E-state index in [-0.39, 0.29) is 5.91 Å². The van der Waals surface area contributed by atoms with Crippen LogP contribution in [-0.4, -0.2) is 48.6 Å². The number of aromatic nitrogens is 1. The molecule has 0 bridgehead atoms. The van der Waals surface area contributed by atoms with E-state index in [1.807, 2.05) is 22.4 Å². The maximum Gasteiger partial charge on any atom is 0.273 e. The van der Waals surface area contributed by atoms with Gasteiger partial charge in [-0.05, 0) is 37.4 Å². The Balaban J connectivity index is 1.31. The normalized spacial score (nSPS) is 20.5. The van der Waals surface area contributed by atoms with Gasteiger partial charge in [-0.1, -0.05) is 29.5 Å². The van der Waals surface area contributed by atoms with Crippen molar-refractivity contribution in [3.05, 3.63) is 41.4 Å². The van der Waals surface area contributed by atoms with Crippen molar-refractivity contribution in [2.24, 2.45) is 5.92 Å². The molecule has 1 amide bonds. The number of rotatable bonds is 5. The fourth-order valence-electron chi connectivity index (χ4n) is 3.78. The Labute approximate surface area is 152 Å². The minimum atomic E-state index is 0.214. The van der Waals surface area contributed by atoms with Gasteiger partial charge in [0.2, 0.25) is 5.91 Å². The van der Waals surface area contributed by atoms with Gasteiger partial charge in [-0.25, -0.2) is 4.98 Å². The molecule has 2 aliphatic rings. The Morgan fingerprint density at radius 2 is 2.24 bits per heavy atom. The number of hydrogen-bond donors (Lipinski definition) is 0. The topological polar surface area (TPSA) is 45.7 Å². The molecule has 5 nitrogen and oxygen atoms in total. The fourth-order valence-corrected chi connectivity index (χ4v) is 4.27. The predicted molar refractivity (Wildman–Crippen MR) is 99.3 cm³/mol. The molecular weight excluding hydrogens is 334 g/mol. The molecule has 132 valence electrons. The highest BCUT2D eigenvalue weighted by atomic mass is 32.1. The fraction of sp³-hybridized carbons (Fsp3) is 0.474. The summed E-state index contributed by atoms with van der Waals surface area (Å²) in [6, 6.07) is 8.23. The second-order valence-corrected chi connectivity index (χ2v) is 7.63. The van der Waals surface area contributed by atoms with E-state index in [2.05, 4.69) is 22.0 Å². The van der Waals surface area contributed by atoms with E-state index in [0.29, 0.717) is 19.1 Å². The van der Waals surface area contributed by atoms with Crippen molar-refractivity contribution in [3.8, 4) is 5.19 Å². The molecule has 0 aliphatic carbocycles. The molecule has 2 aliphatic heterocycles. The molecule has 2 aromatic rings. The van der Waals surface area contributed by atoms with Crippen LogP contribution in [0.4, 0.5) is 5.69 Å². The van der Waals surface area contributed by atoms with Gasteiger partial charge in [0.05, 0.1) is 13.2 Å². The number of carbonyl (C=O) groups excluding carboxylic acids is 1. The number of nitrogens with zero attached hydrogens (tertiary/aromatic N) is 3. The van der Waals surface area contributed by atoms with Crippen LogP contribution in [0.15, 0.2) is 35.8 Å². The number of fused-ring (bicyclic) bond motifs is 1. The lowest BCUT2D eigenvalue weighted by Gasteiger charge is -2.33. The zero-order valence-corrected chi connectivity index (χ0v) is 15.1. The van der Waals surface area contributed by atoms with Crippen LogP contribution in [0.1, 0.15) is 18.4 Å². The number of para-hydroxylation sites is 1. The minimum Gasteiger partial charge on any atom is -0.470 e. The van der Waals surface area contributed by atoms with Gasteiger partial charge in [0.15, 0.2) is 0 Å². The largest absolute Gasteiger partial charge is 0.470 e. The van der Waals surface area contributed by atoms with Gasteiger partial charge >= 0.3 is 0 Å². The summed E-state index contributed by atoms with van der Waals surface area (Å²) >= 11 is 1.53. The van der Waals surface area contributed by atoms with E-state index in [9.17, 15) is 4.79 Å². The summed E-state index contributed by atoms with van der Waals surface area (Å²) in [5.41, 5.74) is 2.37. The molecule has 1 saturated heterocycles. The second-order valence-electron chi connectivity index (χ2n) is 6.78. The lowest BCUT2D eigenvalue weighted by molar-refractivity contribution is -0.120. The summed E-state index contributed by atoms with van der Waals surface area (Å²) in [5, 5.41) is 2.66. The Kier molecular flexibility index (Phi) is 4.99. The van der Waals surface area contributed by atoms with Crippen molar-refractivity contribution in [1.29, 1.82) is 0 Å². The van der Waals surface area contributed by atoms with Crippen LogP contribution in [0.3, 0.4) is 0 Å². The molecule has 6 heteroatoms. The minimum absolute atomic E-state index is 0.214. The molecule has 1 aromatic carbocycles. The van der Waals surface area contributed by atoms with E-state index in [1.165, 1.54) is 16.9 Å². The summed E-state index contributed by atoms with van der Waals surface area (Å²) < 4.78 is 5.77. The number of carbonyl (C=O) groups is 1. The van der Waals surface area contributed by atoms with Crippen LogP contribution < -0.4 is 9.64 Å². The first-order valence-corrected chi connectivity index (χ1v) is 9.80. The molecule has 1 fully saturated rings. The standard InChI is InChI=1S/C19H23N3O2S/c23-18(22-10-7-16-5-1-2-6-17(16)22)13-21-9-3-4-15(12-21)14-24-19-20-8-11-25-19/h1-2,5-6,8,11,15H,3-4,7,9-10,12-14H2. The van der Waals surface area contributed by atoms with Crippen LogP contribution in [-0.2, 0) is 11.2 Å². The molecule has 0 N–H and O–H groups in total. The number of hydrogen-bond acceptors (Lipinski definition) is 5. The van der Waals surface area contributed by atoms with E-state index >= 15 is 0 Å². The maximum atomic E-state index is 12.8. The van der Waals surface area contributed by atoms with Crippen LogP contribution >= 0.6 is 11.3 Å². The first kappa shape index (κ1) is 16.5. The van der Waals surface area contributed by atoms with Gasteiger partial charge in [-0.3, -0.25) is 9.69 Å². The Hall–Kier alpha value is -1.92. The number of piperidine rings is 1. The van der Waals surface area contributed by atoms with Crippen LogP contribution in [0, 0.1) is 5.92 Å². The lowest BCUT2D eigenvalue weighted by Crippen LogP contribution is -2.44. The molecule has 1 aromatic heterocycles. The van der Waals surface area contributed by atoms with Crippen molar-refractivity contribution in [3.63, 3.8) is 0 Å². The van der Waals surface area contributed by atoms with Gasteiger partial charge in [0, 0.05) is 36.3 Å². The van der Waals surface area contributed by atoms with E-state index < -0.39 is 0 Å². The highest BCUT2D eigenvalue weighted by molar-refractivity contribution is 7.11. The summed E-state index contributed by atoms with van der Waals surface area (Å²) in [5.74, 6) is 0.683. The summed E-state index contributed by atoms with van der Waals surface area (Å²) in [6.45, 7) is 3.91. The van der Waals surface area contributed by atoms with Crippen molar-refractivity contribution in [1.82, 2.24) is 9.88 Å². The van der Waals surface area contributed by atoms with Gasteiger partial charge < -0.3 is 9.64 Å². The van der Waals surface area contributed by atoms with Gasteiger partial charge in [0.25, 0.3) is 5.19 Å². The first-order chi connectivity index (χ1) is 12.3. The Morgan fingerprint density at radius 3 is 3.12 bits per heavy atom. The Morgan fingerprint density at radius 1 is 1.32 bits per heavy atom. The lowest BCUT2D eigenvalue weighted by atomic mass is 9.99. The van der Waals surface area contributed by atoms with Crippen molar-refractivity contribution in [2.75, 3.05) is 37.7 Å². The number of anilines is 1. The predicted octanol–water partition coefficient (Wildman–Crippen LogP) is 2.82. The molecule has 3 heterocycles. The summed E-state index contributed by atoms with van der Waals surface area (Å²) in [6.07, 6.45) is 5.00. The molecule has 1 atom stereocenters. The summed E-state index contributed by atoms with van der Waals surface area (Å²) in [7, 11) is 0. The summed E-state index contributed by atoms with van der Waals surface area (Å²) in [4.78, 5) is 21.2. The highest BCUT2D eigenvalue weighted by Crippen LogP contribution is 2.28. The number of benzene rings is 1. The van der Waals surface area contributed by atoms with Crippen molar-refractivity contribution < 1.29 is 9.53 Å². The molecule has 0 saturated carbocycles. The average Bonchev–Trinajstić information content (AvgIpc) is 3.30.